The van der Waals surface area contributed by atoms with Gasteiger partial charge in [0.05, 0.1) is 12.8 Å². The minimum absolute atomic E-state index is 0.0424. The van der Waals surface area contributed by atoms with Crippen molar-refractivity contribution in [2.45, 2.75) is 31.3 Å². The number of nitrogens with one attached hydrogen (secondary N) is 1. The summed E-state index contributed by atoms with van der Waals surface area (Å²) in [6, 6.07) is 11.4. The average Bonchev–Trinajstić information content (AvgIpc) is 2.95. The van der Waals surface area contributed by atoms with Crippen molar-refractivity contribution in [2.75, 3.05) is 42.9 Å². The number of pyridine rings is 2. The van der Waals surface area contributed by atoms with E-state index >= 15 is 0 Å². The first kappa shape index (κ1) is 30.0. The molecule has 1 aliphatic rings. The first-order valence-electron chi connectivity index (χ1n) is 13.5. The summed E-state index contributed by atoms with van der Waals surface area (Å²) in [4.78, 5) is 24.5. The number of aromatic nitrogens is 2. The molecule has 1 amide bonds. The number of halogens is 2. The van der Waals surface area contributed by atoms with Gasteiger partial charge in [-0.2, -0.15) is 0 Å². The Hall–Kier alpha value is -4.52. The summed E-state index contributed by atoms with van der Waals surface area (Å²) in [5, 5.41) is 1.80. The fraction of sp³-hybridized carbons (Fsp3) is 0.300. The maximum absolute atomic E-state index is 14.3. The number of amides is 1. The van der Waals surface area contributed by atoms with E-state index in [1.165, 1.54) is 19.4 Å². The van der Waals surface area contributed by atoms with Crippen LogP contribution in [0.25, 0.3) is 22.0 Å². The zero-order chi connectivity index (χ0) is 30.9. The van der Waals surface area contributed by atoms with Gasteiger partial charge >= 0.3 is 6.09 Å². The second kappa shape index (κ2) is 11.6. The van der Waals surface area contributed by atoms with Crippen molar-refractivity contribution in [3.05, 3.63) is 72.6 Å². The number of benzene rings is 2. The van der Waals surface area contributed by atoms with Crippen LogP contribution in [0.3, 0.4) is 0 Å². The molecule has 1 fully saturated rings. The topological polar surface area (TPSA) is 114 Å². The van der Waals surface area contributed by atoms with Gasteiger partial charge in [-0.3, -0.25) is 9.71 Å². The van der Waals surface area contributed by atoms with Crippen molar-refractivity contribution in [3.8, 4) is 17.1 Å². The third-order valence-electron chi connectivity index (χ3n) is 6.78. The van der Waals surface area contributed by atoms with Crippen LogP contribution in [0.1, 0.15) is 20.8 Å². The standard InChI is InChI=1S/C30H31F2N5O5S/c1-30(2,3)42-29(38)37-12-10-36(11-13-37)26-7-5-6-19-17-33-24(16-22(19)26)20-14-25(28(41-4)34-18-20)35-43(39,40)27-9-8-21(31)15-23(27)32/h5-9,14-18,35H,10-13H2,1-4H3. The lowest BCUT2D eigenvalue weighted by atomic mass is 10.1. The van der Waals surface area contributed by atoms with Crippen molar-refractivity contribution >= 4 is 38.3 Å². The van der Waals surface area contributed by atoms with Crippen molar-refractivity contribution in [1.82, 2.24) is 14.9 Å². The van der Waals surface area contributed by atoms with Crippen molar-refractivity contribution in [3.63, 3.8) is 0 Å². The van der Waals surface area contributed by atoms with E-state index in [0.29, 0.717) is 43.5 Å². The van der Waals surface area contributed by atoms with Gasteiger partial charge in [0.15, 0.2) is 0 Å². The third-order valence-corrected chi connectivity index (χ3v) is 8.18. The highest BCUT2D eigenvalue weighted by molar-refractivity contribution is 7.92. The Morgan fingerprint density at radius 2 is 1.72 bits per heavy atom. The Morgan fingerprint density at radius 1 is 0.977 bits per heavy atom. The summed E-state index contributed by atoms with van der Waals surface area (Å²) in [5.74, 6) is -2.17. The quantitative estimate of drug-likeness (QED) is 0.307. The Labute approximate surface area is 248 Å². The molecule has 0 radical (unpaired) electrons. The highest BCUT2D eigenvalue weighted by atomic mass is 32.2. The molecular weight excluding hydrogens is 580 g/mol. The molecule has 2 aromatic carbocycles. The summed E-state index contributed by atoms with van der Waals surface area (Å²) >= 11 is 0. The van der Waals surface area contributed by atoms with Crippen LogP contribution in [0.15, 0.2) is 65.8 Å². The van der Waals surface area contributed by atoms with Crippen LogP contribution in [-0.2, 0) is 14.8 Å². The van der Waals surface area contributed by atoms with Gasteiger partial charge in [-0.15, -0.1) is 0 Å². The minimum atomic E-state index is -4.44. The first-order valence-corrected chi connectivity index (χ1v) is 15.0. The predicted octanol–water partition coefficient (Wildman–Crippen LogP) is 5.44. The lowest BCUT2D eigenvalue weighted by Gasteiger charge is -2.37. The normalized spacial score (nSPS) is 14.1. The molecule has 0 spiro atoms. The average molecular weight is 612 g/mol. The molecule has 43 heavy (non-hydrogen) atoms. The monoisotopic (exact) mass is 611 g/mol. The molecule has 0 atom stereocenters. The third kappa shape index (κ3) is 6.61. The molecule has 1 aliphatic heterocycles. The zero-order valence-corrected chi connectivity index (χ0v) is 24.9. The van der Waals surface area contributed by atoms with Crippen LogP contribution in [0.4, 0.5) is 25.0 Å². The van der Waals surface area contributed by atoms with E-state index < -0.39 is 32.2 Å². The van der Waals surface area contributed by atoms with Crippen LogP contribution in [-0.4, -0.2) is 68.3 Å². The predicted molar refractivity (Wildman–Crippen MR) is 159 cm³/mol. The van der Waals surface area contributed by atoms with Gasteiger partial charge < -0.3 is 19.3 Å². The van der Waals surface area contributed by atoms with Crippen molar-refractivity contribution in [1.29, 1.82) is 0 Å². The van der Waals surface area contributed by atoms with Gasteiger partial charge in [0.2, 0.25) is 5.88 Å². The number of carbonyl (C=O) groups is 1. The smallest absolute Gasteiger partial charge is 0.410 e. The summed E-state index contributed by atoms with van der Waals surface area (Å²) in [5.41, 5.74) is 1.33. The molecule has 3 heterocycles. The van der Waals surface area contributed by atoms with Crippen molar-refractivity contribution < 1.29 is 31.5 Å². The number of fused-ring (bicyclic) bond motifs is 1. The highest BCUT2D eigenvalue weighted by Crippen LogP contribution is 2.34. The summed E-state index contributed by atoms with van der Waals surface area (Å²) in [6.07, 6.45) is 2.87. The molecule has 10 nitrogen and oxygen atoms in total. The zero-order valence-electron chi connectivity index (χ0n) is 24.1. The second-order valence-corrected chi connectivity index (χ2v) is 12.6. The Balaban J connectivity index is 1.43. The maximum atomic E-state index is 14.3. The van der Waals surface area contributed by atoms with E-state index in [1.54, 1.807) is 11.1 Å². The van der Waals surface area contributed by atoms with Gasteiger partial charge in [0.25, 0.3) is 10.0 Å². The number of ether oxygens (including phenoxy) is 2. The van der Waals surface area contributed by atoms with Gasteiger partial charge in [0, 0.05) is 66.7 Å². The summed E-state index contributed by atoms with van der Waals surface area (Å²) in [7, 11) is -3.12. The lowest BCUT2D eigenvalue weighted by Crippen LogP contribution is -2.50. The molecule has 0 saturated carbocycles. The first-order chi connectivity index (χ1) is 20.3. The number of hydrogen-bond acceptors (Lipinski definition) is 8. The van der Waals surface area contributed by atoms with E-state index in [0.717, 1.165) is 28.6 Å². The SMILES string of the molecule is COc1ncc(-c2cc3c(N4CCN(C(=O)OC(C)(C)C)CC4)cccc3cn2)cc1NS(=O)(=O)c1ccc(F)cc1F. The van der Waals surface area contributed by atoms with E-state index in [4.69, 9.17) is 9.47 Å². The second-order valence-electron chi connectivity index (χ2n) is 11.0. The molecule has 0 unspecified atom stereocenters. The number of anilines is 2. The van der Waals surface area contributed by atoms with Gasteiger partial charge in [-0.05, 0) is 51.1 Å². The molecule has 13 heteroatoms. The Bertz CT molecular complexity index is 1790. The molecular formula is C30H31F2N5O5S. The van der Waals surface area contributed by atoms with Gasteiger partial charge in [-0.1, -0.05) is 12.1 Å². The molecule has 1 saturated heterocycles. The van der Waals surface area contributed by atoms with Crippen LogP contribution < -0.4 is 14.4 Å². The van der Waals surface area contributed by atoms with Crippen molar-refractivity contribution in [2.24, 2.45) is 0 Å². The number of hydrogen-bond donors (Lipinski definition) is 1. The number of carbonyl (C=O) groups excluding carboxylic acids is 1. The van der Waals surface area contributed by atoms with Gasteiger partial charge in [0.1, 0.15) is 27.8 Å². The summed E-state index contributed by atoms with van der Waals surface area (Å²) < 4.78 is 66.6. The fourth-order valence-corrected chi connectivity index (χ4v) is 5.87. The van der Waals surface area contributed by atoms with Crippen LogP contribution >= 0.6 is 0 Å². The largest absolute Gasteiger partial charge is 0.480 e. The van der Waals surface area contributed by atoms with E-state index in [1.807, 2.05) is 45.0 Å². The Morgan fingerprint density at radius 3 is 2.40 bits per heavy atom. The molecule has 0 aliphatic carbocycles. The molecule has 226 valence electrons. The van der Waals surface area contributed by atoms with Crippen LogP contribution in [0.2, 0.25) is 0 Å². The summed E-state index contributed by atoms with van der Waals surface area (Å²) in [6.45, 7) is 7.73. The molecule has 1 N–H and O–H groups in total. The highest BCUT2D eigenvalue weighted by Gasteiger charge is 2.27. The number of methoxy groups -OCH3 is 1. The van der Waals surface area contributed by atoms with E-state index in [-0.39, 0.29) is 17.7 Å². The fourth-order valence-electron chi connectivity index (χ4n) is 4.76. The van der Waals surface area contributed by atoms with Crippen LogP contribution in [0, 0.1) is 11.6 Å². The van der Waals surface area contributed by atoms with E-state index in [9.17, 15) is 22.0 Å². The maximum Gasteiger partial charge on any atom is 0.410 e. The number of piperazine rings is 1. The Kier molecular flexibility index (Phi) is 8.10. The molecule has 4 aromatic rings. The van der Waals surface area contributed by atoms with Crippen LogP contribution in [0.5, 0.6) is 5.88 Å². The lowest BCUT2D eigenvalue weighted by molar-refractivity contribution is 0.0240. The minimum Gasteiger partial charge on any atom is -0.480 e. The molecule has 5 rings (SSSR count). The number of sulfonamides is 1. The number of nitrogens with zero attached hydrogens (tertiary/aromatic N) is 4. The molecule has 2 aromatic heterocycles. The molecule has 0 bridgehead atoms. The number of rotatable bonds is 6. The van der Waals surface area contributed by atoms with Gasteiger partial charge in [-0.25, -0.2) is 27.0 Å². The van der Waals surface area contributed by atoms with E-state index in [2.05, 4.69) is 19.6 Å².